The lowest BCUT2D eigenvalue weighted by molar-refractivity contribution is -0.128. The Morgan fingerprint density at radius 1 is 1.16 bits per heavy atom. The molecule has 1 aromatic heterocycles. The first-order valence-electron chi connectivity index (χ1n) is 9.10. The van der Waals surface area contributed by atoms with Crippen molar-refractivity contribution in [2.45, 2.75) is 51.2 Å². The van der Waals surface area contributed by atoms with Crippen molar-refractivity contribution in [2.24, 2.45) is 0 Å². The lowest BCUT2D eigenvalue weighted by atomic mass is 10.1. The van der Waals surface area contributed by atoms with E-state index in [4.69, 9.17) is 0 Å². The van der Waals surface area contributed by atoms with E-state index in [-0.39, 0.29) is 5.91 Å². The van der Waals surface area contributed by atoms with Gasteiger partial charge in [0.15, 0.2) is 11.0 Å². The van der Waals surface area contributed by atoms with Gasteiger partial charge in [-0.3, -0.25) is 4.79 Å². The summed E-state index contributed by atoms with van der Waals surface area (Å²) in [6, 6.07) is 8.29. The largest absolute Gasteiger partial charge is 0.342 e. The maximum atomic E-state index is 12.5. The summed E-state index contributed by atoms with van der Waals surface area (Å²) in [4.78, 5) is 14.5. The maximum absolute atomic E-state index is 12.5. The molecule has 5 nitrogen and oxygen atoms in total. The molecule has 0 N–H and O–H groups in total. The zero-order valence-corrected chi connectivity index (χ0v) is 15.9. The lowest BCUT2D eigenvalue weighted by Crippen LogP contribution is -2.33. The van der Waals surface area contributed by atoms with Crippen LogP contribution in [0.5, 0.6) is 0 Å². The number of hydrogen-bond acceptors (Lipinski definition) is 4. The van der Waals surface area contributed by atoms with Crippen LogP contribution in [0.2, 0.25) is 0 Å². The molecule has 0 unspecified atom stereocenters. The summed E-state index contributed by atoms with van der Waals surface area (Å²) < 4.78 is 2.09. The highest BCUT2D eigenvalue weighted by molar-refractivity contribution is 7.99. The summed E-state index contributed by atoms with van der Waals surface area (Å²) in [7, 11) is 0. The minimum atomic E-state index is 0.217. The molecule has 1 aliphatic rings. The van der Waals surface area contributed by atoms with Crippen LogP contribution in [0.4, 0.5) is 0 Å². The number of carbonyl (C=O) groups excluding carboxylic acids is 1. The second-order valence-corrected chi connectivity index (χ2v) is 7.45. The van der Waals surface area contributed by atoms with Crippen LogP contribution in [-0.4, -0.2) is 44.4 Å². The third kappa shape index (κ3) is 4.42. The van der Waals surface area contributed by atoms with Crippen molar-refractivity contribution >= 4 is 17.7 Å². The number of rotatable bonds is 5. The van der Waals surface area contributed by atoms with Crippen molar-refractivity contribution in [1.82, 2.24) is 19.7 Å². The molecule has 0 aliphatic carbocycles. The highest BCUT2D eigenvalue weighted by Crippen LogP contribution is 2.25. The van der Waals surface area contributed by atoms with Crippen molar-refractivity contribution in [3.63, 3.8) is 0 Å². The van der Waals surface area contributed by atoms with Crippen LogP contribution in [0.15, 0.2) is 29.4 Å². The number of benzene rings is 1. The fourth-order valence-corrected chi connectivity index (χ4v) is 4.12. The van der Waals surface area contributed by atoms with Gasteiger partial charge in [0, 0.05) is 25.2 Å². The number of thioether (sulfide) groups is 1. The highest BCUT2D eigenvalue weighted by atomic mass is 32.2. The average molecular weight is 359 g/mol. The van der Waals surface area contributed by atoms with Gasteiger partial charge in [0.05, 0.1) is 5.75 Å². The topological polar surface area (TPSA) is 51.0 Å². The molecule has 0 bridgehead atoms. The quantitative estimate of drug-likeness (QED) is 0.764. The van der Waals surface area contributed by atoms with Gasteiger partial charge in [-0.25, -0.2) is 0 Å². The SMILES string of the molecule is CCn1c(SCC(=O)N2CCCCCC2)nnc1-c1cccc(C)c1. The Hall–Kier alpha value is -1.82. The first kappa shape index (κ1) is 18.0. The first-order chi connectivity index (χ1) is 12.2. The van der Waals surface area contributed by atoms with Gasteiger partial charge in [0.2, 0.25) is 5.91 Å². The molecular formula is C19H26N4OS. The fourth-order valence-electron chi connectivity index (χ4n) is 3.22. The van der Waals surface area contributed by atoms with E-state index in [1.807, 2.05) is 11.0 Å². The van der Waals surface area contributed by atoms with Crippen LogP contribution in [0.3, 0.4) is 0 Å². The van der Waals surface area contributed by atoms with Gasteiger partial charge >= 0.3 is 0 Å². The van der Waals surface area contributed by atoms with E-state index in [9.17, 15) is 4.79 Å². The third-order valence-electron chi connectivity index (χ3n) is 4.59. The van der Waals surface area contributed by atoms with Crippen molar-refractivity contribution in [3.8, 4) is 11.4 Å². The number of carbonyl (C=O) groups is 1. The Kier molecular flexibility index (Phi) is 6.13. The zero-order valence-electron chi connectivity index (χ0n) is 15.1. The summed E-state index contributed by atoms with van der Waals surface area (Å²) in [5.41, 5.74) is 2.27. The Balaban J connectivity index is 1.69. The Morgan fingerprint density at radius 3 is 2.60 bits per heavy atom. The molecule has 2 aromatic rings. The maximum Gasteiger partial charge on any atom is 0.233 e. The van der Waals surface area contributed by atoms with Crippen molar-refractivity contribution in [2.75, 3.05) is 18.8 Å². The number of likely N-dealkylation sites (tertiary alicyclic amines) is 1. The van der Waals surface area contributed by atoms with Crippen LogP contribution in [-0.2, 0) is 11.3 Å². The molecular weight excluding hydrogens is 332 g/mol. The van der Waals surface area contributed by atoms with Gasteiger partial charge in [0.25, 0.3) is 0 Å². The Labute approximate surface area is 153 Å². The van der Waals surface area contributed by atoms with E-state index >= 15 is 0 Å². The Bertz CT molecular complexity index is 720. The number of aromatic nitrogens is 3. The summed E-state index contributed by atoms with van der Waals surface area (Å²) >= 11 is 1.50. The van der Waals surface area contributed by atoms with Gasteiger partial charge in [-0.05, 0) is 32.8 Å². The monoisotopic (exact) mass is 358 g/mol. The van der Waals surface area contributed by atoms with E-state index < -0.39 is 0 Å². The molecule has 2 heterocycles. The average Bonchev–Trinajstić information content (AvgIpc) is 2.83. The smallest absolute Gasteiger partial charge is 0.233 e. The molecule has 3 rings (SSSR count). The summed E-state index contributed by atoms with van der Waals surface area (Å²) in [5, 5.41) is 9.53. The van der Waals surface area contributed by atoms with Crippen molar-refractivity contribution in [3.05, 3.63) is 29.8 Å². The predicted molar refractivity (Wildman–Crippen MR) is 102 cm³/mol. The minimum Gasteiger partial charge on any atom is -0.342 e. The van der Waals surface area contributed by atoms with Gasteiger partial charge in [0.1, 0.15) is 0 Å². The van der Waals surface area contributed by atoms with Crippen LogP contribution in [0, 0.1) is 6.92 Å². The van der Waals surface area contributed by atoms with E-state index in [0.717, 1.165) is 49.0 Å². The van der Waals surface area contributed by atoms with Crippen molar-refractivity contribution < 1.29 is 4.79 Å². The second-order valence-electron chi connectivity index (χ2n) is 6.50. The molecule has 1 fully saturated rings. The normalized spacial score (nSPS) is 15.2. The molecule has 1 aromatic carbocycles. The first-order valence-corrected chi connectivity index (χ1v) is 10.1. The van der Waals surface area contributed by atoms with E-state index in [1.165, 1.54) is 30.2 Å². The van der Waals surface area contributed by atoms with Crippen LogP contribution >= 0.6 is 11.8 Å². The lowest BCUT2D eigenvalue weighted by Gasteiger charge is -2.19. The number of nitrogens with zero attached hydrogens (tertiary/aromatic N) is 4. The minimum absolute atomic E-state index is 0.217. The summed E-state index contributed by atoms with van der Waals surface area (Å²) in [6.45, 7) is 6.74. The number of amides is 1. The van der Waals surface area contributed by atoms with Gasteiger partial charge in [-0.15, -0.1) is 10.2 Å². The predicted octanol–water partition coefficient (Wildman–Crippen LogP) is 3.77. The molecule has 25 heavy (non-hydrogen) atoms. The van der Waals surface area contributed by atoms with Gasteiger partial charge in [-0.2, -0.15) is 0 Å². The molecule has 0 atom stereocenters. The highest BCUT2D eigenvalue weighted by Gasteiger charge is 2.18. The number of aryl methyl sites for hydroxylation is 1. The fraction of sp³-hybridized carbons (Fsp3) is 0.526. The van der Waals surface area contributed by atoms with Gasteiger partial charge in [-0.1, -0.05) is 48.4 Å². The summed E-state index contributed by atoms with van der Waals surface area (Å²) in [5.74, 6) is 1.52. The van der Waals surface area contributed by atoms with Crippen molar-refractivity contribution in [1.29, 1.82) is 0 Å². The van der Waals surface area contributed by atoms with Crippen LogP contribution < -0.4 is 0 Å². The van der Waals surface area contributed by atoms with E-state index in [2.05, 4.69) is 46.8 Å². The molecule has 134 valence electrons. The summed E-state index contributed by atoms with van der Waals surface area (Å²) in [6.07, 6.45) is 4.72. The third-order valence-corrected chi connectivity index (χ3v) is 5.54. The standard InChI is InChI=1S/C19H26N4OS/c1-3-23-18(16-10-8-9-15(2)13-16)20-21-19(23)25-14-17(24)22-11-6-4-5-7-12-22/h8-10,13H,3-7,11-12,14H2,1-2H3. The molecule has 0 saturated carbocycles. The molecule has 6 heteroatoms. The molecule has 0 spiro atoms. The molecule has 0 radical (unpaired) electrons. The van der Waals surface area contributed by atoms with Crippen LogP contribution in [0.1, 0.15) is 38.2 Å². The van der Waals surface area contributed by atoms with Gasteiger partial charge < -0.3 is 9.47 Å². The molecule has 1 aliphatic heterocycles. The molecule has 1 saturated heterocycles. The molecule has 1 amide bonds. The zero-order chi connectivity index (χ0) is 17.6. The Morgan fingerprint density at radius 2 is 1.92 bits per heavy atom. The van der Waals surface area contributed by atoms with Crippen LogP contribution in [0.25, 0.3) is 11.4 Å². The van der Waals surface area contributed by atoms with E-state index in [0.29, 0.717) is 5.75 Å². The van der Waals surface area contributed by atoms with E-state index in [1.54, 1.807) is 0 Å². The number of hydrogen-bond donors (Lipinski definition) is 0. The second kappa shape index (κ2) is 8.52.